The molecule has 0 N–H and O–H groups in total. The van der Waals surface area contributed by atoms with Crippen LogP contribution < -0.4 is 0 Å². The van der Waals surface area contributed by atoms with Gasteiger partial charge < -0.3 is 4.74 Å². The van der Waals surface area contributed by atoms with Crippen LogP contribution in [0.1, 0.15) is 0 Å². The molecule has 0 aromatic carbocycles. The van der Waals surface area contributed by atoms with Crippen molar-refractivity contribution in [2.45, 2.75) is 4.45 Å². The van der Waals surface area contributed by atoms with Crippen LogP contribution >= 0.6 is 31.9 Å². The van der Waals surface area contributed by atoms with Crippen LogP contribution in [-0.4, -0.2) is 53.7 Å². The average molecular weight is 338 g/mol. The highest BCUT2D eigenvalue weighted by Gasteiger charge is 2.38. The number of nitrogens with zero attached hydrogens (tertiary/aromatic N) is 2. The Labute approximate surface area is 107 Å². The molecule has 1 unspecified atom stereocenters. The van der Waals surface area contributed by atoms with Gasteiger partial charge in [-0.2, -0.15) is 0 Å². The van der Waals surface area contributed by atoms with Crippen molar-refractivity contribution in [2.75, 3.05) is 38.2 Å². The Bertz CT molecular complexity index is 287. The molecule has 3 nitrogen and oxygen atoms in total. The van der Waals surface area contributed by atoms with E-state index in [0.717, 1.165) is 38.2 Å². The molecule has 1 fully saturated rings. The van der Waals surface area contributed by atoms with Gasteiger partial charge in [-0.05, 0) is 11.6 Å². The summed E-state index contributed by atoms with van der Waals surface area (Å²) in [6, 6.07) is 0. The van der Waals surface area contributed by atoms with E-state index >= 15 is 0 Å². The van der Waals surface area contributed by atoms with E-state index in [1.165, 1.54) is 5.57 Å². The van der Waals surface area contributed by atoms with Gasteiger partial charge in [-0.25, -0.2) is 0 Å². The van der Waals surface area contributed by atoms with Gasteiger partial charge in [0.05, 0.1) is 19.8 Å². The number of aliphatic imine (C=N–C) groups is 1. The van der Waals surface area contributed by atoms with Gasteiger partial charge in [0.2, 0.25) is 0 Å². The number of dihydropyridines is 1. The first-order valence-electron chi connectivity index (χ1n) is 5.04. The molecule has 0 spiro atoms. The Hall–Kier alpha value is 0.290. The molecule has 0 bridgehead atoms. The van der Waals surface area contributed by atoms with Gasteiger partial charge >= 0.3 is 0 Å². The molecule has 0 aromatic heterocycles. The summed E-state index contributed by atoms with van der Waals surface area (Å²) in [6.07, 6.45) is 3.97. The molecule has 0 saturated carbocycles. The minimum absolute atomic E-state index is 0.102. The van der Waals surface area contributed by atoms with Crippen molar-refractivity contribution in [3.8, 4) is 0 Å². The van der Waals surface area contributed by atoms with E-state index < -0.39 is 0 Å². The summed E-state index contributed by atoms with van der Waals surface area (Å²) in [4.78, 5) is 6.75. The van der Waals surface area contributed by atoms with E-state index in [9.17, 15) is 0 Å². The van der Waals surface area contributed by atoms with E-state index in [1.807, 2.05) is 6.21 Å². The molecule has 1 saturated heterocycles. The number of hydrogen-bond acceptors (Lipinski definition) is 3. The molecule has 15 heavy (non-hydrogen) atoms. The quantitative estimate of drug-likeness (QED) is 0.567. The van der Waals surface area contributed by atoms with Gasteiger partial charge in [0.25, 0.3) is 0 Å². The highest BCUT2D eigenvalue weighted by molar-refractivity contribution is 9.10. The molecule has 2 rings (SSSR count). The fourth-order valence-corrected chi connectivity index (χ4v) is 3.71. The van der Waals surface area contributed by atoms with Crippen LogP contribution in [0.3, 0.4) is 0 Å². The molecule has 2 aliphatic rings. The maximum absolute atomic E-state index is 5.37. The standard InChI is InChI=1S/C10H14Br2N2O/c11-7-9-1-2-13-8-10(9,12)14-3-5-15-6-4-14/h1-2H,3-8H2. The lowest BCUT2D eigenvalue weighted by molar-refractivity contribution is 0.0193. The molecule has 2 heterocycles. The van der Waals surface area contributed by atoms with Crippen molar-refractivity contribution in [3.63, 3.8) is 0 Å². The van der Waals surface area contributed by atoms with Gasteiger partial charge in [-0.15, -0.1) is 0 Å². The van der Waals surface area contributed by atoms with Crippen molar-refractivity contribution in [1.29, 1.82) is 0 Å². The van der Waals surface area contributed by atoms with Gasteiger partial charge in [-0.3, -0.25) is 9.89 Å². The fraction of sp³-hybridized carbons (Fsp3) is 0.700. The predicted octanol–water partition coefficient (Wildman–Crippen LogP) is 1.82. The van der Waals surface area contributed by atoms with Crippen LogP contribution in [-0.2, 0) is 4.74 Å². The van der Waals surface area contributed by atoms with Crippen LogP contribution in [0.2, 0.25) is 0 Å². The monoisotopic (exact) mass is 336 g/mol. The van der Waals surface area contributed by atoms with Gasteiger partial charge in [0.1, 0.15) is 4.45 Å². The lowest BCUT2D eigenvalue weighted by Gasteiger charge is -2.42. The Balaban J connectivity index is 2.16. The number of allylic oxidation sites excluding steroid dienone is 1. The van der Waals surface area contributed by atoms with E-state index in [1.54, 1.807) is 0 Å². The third-order valence-corrected chi connectivity index (χ3v) is 4.70. The molecule has 0 aliphatic carbocycles. The fourth-order valence-electron chi connectivity index (χ4n) is 1.91. The van der Waals surface area contributed by atoms with Crippen molar-refractivity contribution < 1.29 is 4.74 Å². The summed E-state index contributed by atoms with van der Waals surface area (Å²) in [7, 11) is 0. The van der Waals surface area contributed by atoms with Gasteiger partial charge in [0.15, 0.2) is 0 Å². The number of halogens is 2. The zero-order chi connectivity index (χ0) is 10.7. The second-order valence-electron chi connectivity index (χ2n) is 3.67. The highest BCUT2D eigenvalue weighted by atomic mass is 79.9. The van der Waals surface area contributed by atoms with Crippen molar-refractivity contribution in [1.82, 2.24) is 4.90 Å². The van der Waals surface area contributed by atoms with Crippen LogP contribution in [0.25, 0.3) is 0 Å². The number of morpholine rings is 1. The first-order valence-corrected chi connectivity index (χ1v) is 6.96. The topological polar surface area (TPSA) is 24.8 Å². The van der Waals surface area contributed by atoms with E-state index in [-0.39, 0.29) is 4.45 Å². The predicted molar refractivity (Wildman–Crippen MR) is 69.3 cm³/mol. The van der Waals surface area contributed by atoms with Crippen LogP contribution in [0.4, 0.5) is 0 Å². The Morgan fingerprint density at radius 2 is 2.20 bits per heavy atom. The Morgan fingerprint density at radius 1 is 1.47 bits per heavy atom. The molecule has 84 valence electrons. The molecular weight excluding hydrogens is 324 g/mol. The van der Waals surface area contributed by atoms with Crippen LogP contribution in [0.5, 0.6) is 0 Å². The first-order chi connectivity index (χ1) is 7.27. The maximum Gasteiger partial charge on any atom is 0.119 e. The molecule has 5 heteroatoms. The average Bonchev–Trinajstić information content (AvgIpc) is 2.31. The van der Waals surface area contributed by atoms with Crippen LogP contribution in [0.15, 0.2) is 16.6 Å². The van der Waals surface area contributed by atoms with Crippen molar-refractivity contribution >= 4 is 38.1 Å². The molecule has 0 amide bonds. The summed E-state index contributed by atoms with van der Waals surface area (Å²) in [5.74, 6) is 0. The summed E-state index contributed by atoms with van der Waals surface area (Å²) in [5.41, 5.74) is 1.33. The lowest BCUT2D eigenvalue weighted by Crippen LogP contribution is -2.53. The third kappa shape index (κ3) is 2.35. The third-order valence-electron chi connectivity index (χ3n) is 2.83. The molecule has 0 radical (unpaired) electrons. The summed E-state index contributed by atoms with van der Waals surface area (Å²) in [6.45, 7) is 4.33. The zero-order valence-corrected chi connectivity index (χ0v) is 11.6. The minimum atomic E-state index is -0.102. The molecular formula is C10H14Br2N2O. The normalized spacial score (nSPS) is 32.8. The molecule has 1 atom stereocenters. The minimum Gasteiger partial charge on any atom is -0.379 e. The Kier molecular flexibility index (Phi) is 3.98. The van der Waals surface area contributed by atoms with E-state index in [2.05, 4.69) is 47.8 Å². The smallest absolute Gasteiger partial charge is 0.119 e. The number of rotatable bonds is 2. The number of hydrogen-bond donors (Lipinski definition) is 0. The van der Waals surface area contributed by atoms with Crippen molar-refractivity contribution in [2.24, 2.45) is 4.99 Å². The lowest BCUT2D eigenvalue weighted by atomic mass is 10.0. The largest absolute Gasteiger partial charge is 0.379 e. The Morgan fingerprint density at radius 3 is 2.87 bits per heavy atom. The van der Waals surface area contributed by atoms with E-state index in [4.69, 9.17) is 4.74 Å². The molecule has 0 aromatic rings. The molecule has 2 aliphatic heterocycles. The first kappa shape index (κ1) is 11.8. The maximum atomic E-state index is 5.37. The zero-order valence-electron chi connectivity index (χ0n) is 8.46. The van der Waals surface area contributed by atoms with E-state index in [0.29, 0.717) is 0 Å². The summed E-state index contributed by atoms with van der Waals surface area (Å²) in [5, 5.41) is 0.877. The van der Waals surface area contributed by atoms with Crippen LogP contribution in [0, 0.1) is 0 Å². The highest BCUT2D eigenvalue weighted by Crippen LogP contribution is 2.35. The van der Waals surface area contributed by atoms with Gasteiger partial charge in [-0.1, -0.05) is 31.9 Å². The SMILES string of the molecule is BrCC1=CC=NCC1(Br)N1CCOCC1. The second-order valence-corrected chi connectivity index (χ2v) is 5.55. The van der Waals surface area contributed by atoms with Gasteiger partial charge in [0, 0.05) is 24.6 Å². The van der Waals surface area contributed by atoms with Crippen molar-refractivity contribution in [3.05, 3.63) is 11.6 Å². The summed E-state index contributed by atoms with van der Waals surface area (Å²) >= 11 is 7.38. The number of alkyl halides is 2. The number of ether oxygens (including phenoxy) is 1. The summed E-state index contributed by atoms with van der Waals surface area (Å²) < 4.78 is 5.27. The second kappa shape index (κ2) is 5.08.